The molecule has 2 aromatic rings. The molecule has 1 N–H and O–H groups in total. The van der Waals surface area contributed by atoms with Gasteiger partial charge in [-0.2, -0.15) is 4.31 Å². The Balaban J connectivity index is 1.74. The summed E-state index contributed by atoms with van der Waals surface area (Å²) in [5.41, 5.74) is 0.404. The number of anilines is 1. The third kappa shape index (κ3) is 4.30. The van der Waals surface area contributed by atoms with Crippen molar-refractivity contribution in [2.24, 2.45) is 0 Å². The van der Waals surface area contributed by atoms with Crippen LogP contribution in [0.25, 0.3) is 0 Å². The maximum Gasteiger partial charge on any atom is 0.274 e. The number of hydrogen-bond donors (Lipinski definition) is 1. The van der Waals surface area contributed by atoms with Crippen molar-refractivity contribution in [1.82, 2.24) is 14.3 Å². The highest BCUT2D eigenvalue weighted by Crippen LogP contribution is 2.20. The van der Waals surface area contributed by atoms with E-state index in [1.807, 2.05) is 0 Å². The Labute approximate surface area is 160 Å². The Kier molecular flexibility index (Phi) is 5.73. The zero-order valence-corrected chi connectivity index (χ0v) is 15.7. The number of nitrogens with one attached hydrogen (secondary N) is 1. The van der Waals surface area contributed by atoms with Crippen molar-refractivity contribution in [2.75, 3.05) is 31.6 Å². The Morgan fingerprint density at radius 1 is 1.12 bits per heavy atom. The molecule has 1 fully saturated rings. The summed E-state index contributed by atoms with van der Waals surface area (Å²) in [7, 11) is -3.59. The summed E-state index contributed by atoms with van der Waals surface area (Å²) in [6, 6.07) is 7.13. The van der Waals surface area contributed by atoms with Crippen LogP contribution in [0.1, 0.15) is 10.5 Å². The predicted molar refractivity (Wildman–Crippen MR) is 96.0 cm³/mol. The summed E-state index contributed by atoms with van der Waals surface area (Å²) in [6.07, 6.45) is 0. The van der Waals surface area contributed by atoms with Crippen LogP contribution in [-0.2, 0) is 14.8 Å². The Morgan fingerprint density at radius 2 is 1.77 bits per heavy atom. The summed E-state index contributed by atoms with van der Waals surface area (Å²) >= 11 is 11.4. The van der Waals surface area contributed by atoms with E-state index in [2.05, 4.69) is 15.3 Å². The van der Waals surface area contributed by atoms with Gasteiger partial charge in [0.1, 0.15) is 10.8 Å². The lowest BCUT2D eigenvalue weighted by Gasteiger charge is -2.26. The standard InChI is InChI=1S/C15H14Cl2N4O4S/c16-13-9-12(19-15(17)20-13)14(22)18-10-1-3-11(4-2-10)26(23,24)21-5-7-25-8-6-21/h1-4,9H,5-8H2,(H,18,22). The molecule has 1 aliphatic heterocycles. The monoisotopic (exact) mass is 416 g/mol. The minimum Gasteiger partial charge on any atom is -0.379 e. The maximum absolute atomic E-state index is 12.6. The second kappa shape index (κ2) is 7.85. The minimum atomic E-state index is -3.59. The van der Waals surface area contributed by atoms with E-state index in [0.717, 1.165) is 0 Å². The molecule has 0 unspecified atom stereocenters. The zero-order valence-electron chi connectivity index (χ0n) is 13.4. The van der Waals surface area contributed by atoms with E-state index in [1.165, 1.54) is 34.6 Å². The molecule has 1 saturated heterocycles. The van der Waals surface area contributed by atoms with Crippen LogP contribution in [0.3, 0.4) is 0 Å². The molecule has 1 amide bonds. The molecule has 3 rings (SSSR count). The van der Waals surface area contributed by atoms with Crippen molar-refractivity contribution in [2.45, 2.75) is 4.90 Å². The van der Waals surface area contributed by atoms with Gasteiger partial charge >= 0.3 is 0 Å². The van der Waals surface area contributed by atoms with E-state index >= 15 is 0 Å². The van der Waals surface area contributed by atoms with Gasteiger partial charge in [0, 0.05) is 24.8 Å². The fourth-order valence-corrected chi connectivity index (χ4v) is 4.16. The largest absolute Gasteiger partial charge is 0.379 e. The van der Waals surface area contributed by atoms with Gasteiger partial charge in [0.25, 0.3) is 5.91 Å². The average Bonchev–Trinajstić information content (AvgIpc) is 2.62. The molecule has 1 aliphatic rings. The quantitative estimate of drug-likeness (QED) is 0.604. The lowest BCUT2D eigenvalue weighted by Crippen LogP contribution is -2.40. The molecule has 8 nitrogen and oxygen atoms in total. The van der Waals surface area contributed by atoms with Crippen LogP contribution >= 0.6 is 23.2 Å². The van der Waals surface area contributed by atoms with Crippen LogP contribution in [-0.4, -0.2) is 54.9 Å². The van der Waals surface area contributed by atoms with Gasteiger partial charge in [-0.3, -0.25) is 4.79 Å². The summed E-state index contributed by atoms with van der Waals surface area (Å²) in [5.74, 6) is -0.542. The molecule has 0 bridgehead atoms. The topological polar surface area (TPSA) is 101 Å². The number of carbonyl (C=O) groups is 1. The molecule has 0 radical (unpaired) electrons. The number of carbonyl (C=O) groups excluding carboxylic acids is 1. The predicted octanol–water partition coefficient (Wildman–Crippen LogP) is 2.06. The number of rotatable bonds is 4. The van der Waals surface area contributed by atoms with Gasteiger partial charge in [-0.05, 0) is 35.9 Å². The first-order valence-corrected chi connectivity index (χ1v) is 9.75. The third-order valence-electron chi connectivity index (χ3n) is 3.62. The highest BCUT2D eigenvalue weighted by Gasteiger charge is 2.26. The van der Waals surface area contributed by atoms with Gasteiger partial charge in [0.05, 0.1) is 18.1 Å². The Bertz CT molecular complexity index is 895. The fraction of sp³-hybridized carbons (Fsp3) is 0.267. The van der Waals surface area contributed by atoms with Crippen molar-refractivity contribution in [3.05, 3.63) is 46.5 Å². The van der Waals surface area contributed by atoms with Crippen molar-refractivity contribution >= 4 is 44.8 Å². The van der Waals surface area contributed by atoms with E-state index in [4.69, 9.17) is 27.9 Å². The van der Waals surface area contributed by atoms with Gasteiger partial charge in [0.2, 0.25) is 15.3 Å². The molecule has 1 aromatic carbocycles. The number of hydrogen-bond acceptors (Lipinski definition) is 6. The summed E-state index contributed by atoms with van der Waals surface area (Å²) < 4.78 is 31.6. The van der Waals surface area contributed by atoms with E-state index in [-0.39, 0.29) is 21.0 Å². The average molecular weight is 417 g/mol. The molecule has 26 heavy (non-hydrogen) atoms. The number of morpholine rings is 1. The second-order valence-corrected chi connectivity index (χ2v) is 8.00. The van der Waals surface area contributed by atoms with Crippen LogP contribution in [0.2, 0.25) is 10.4 Å². The number of halogens is 2. The first-order chi connectivity index (χ1) is 12.4. The number of nitrogens with zero attached hydrogens (tertiary/aromatic N) is 3. The van der Waals surface area contributed by atoms with Crippen molar-refractivity contribution in [1.29, 1.82) is 0 Å². The van der Waals surface area contributed by atoms with E-state index in [9.17, 15) is 13.2 Å². The number of benzene rings is 1. The summed E-state index contributed by atoms with van der Waals surface area (Å²) in [6.45, 7) is 1.38. The normalized spacial score (nSPS) is 15.6. The SMILES string of the molecule is O=C(Nc1ccc(S(=O)(=O)N2CCOCC2)cc1)c1cc(Cl)nc(Cl)n1. The number of aromatic nitrogens is 2. The lowest BCUT2D eigenvalue weighted by atomic mass is 10.3. The molecule has 0 saturated carbocycles. The number of amides is 1. The molecular formula is C15H14Cl2N4O4S. The van der Waals surface area contributed by atoms with E-state index in [1.54, 1.807) is 0 Å². The second-order valence-electron chi connectivity index (χ2n) is 5.34. The van der Waals surface area contributed by atoms with Crippen LogP contribution in [0.5, 0.6) is 0 Å². The molecule has 2 heterocycles. The van der Waals surface area contributed by atoms with Crippen LogP contribution in [0, 0.1) is 0 Å². The third-order valence-corrected chi connectivity index (χ3v) is 5.90. The molecule has 0 spiro atoms. The van der Waals surface area contributed by atoms with Crippen LogP contribution < -0.4 is 5.32 Å². The highest BCUT2D eigenvalue weighted by molar-refractivity contribution is 7.89. The van der Waals surface area contributed by atoms with Crippen LogP contribution in [0.15, 0.2) is 35.2 Å². The number of sulfonamides is 1. The summed E-state index contributed by atoms with van der Waals surface area (Å²) in [4.78, 5) is 19.8. The van der Waals surface area contributed by atoms with Gasteiger partial charge in [-0.25, -0.2) is 18.4 Å². The van der Waals surface area contributed by atoms with Gasteiger partial charge in [-0.15, -0.1) is 0 Å². The minimum absolute atomic E-state index is 0.0000137. The fourth-order valence-electron chi connectivity index (χ4n) is 2.35. The molecule has 1 aromatic heterocycles. The first-order valence-electron chi connectivity index (χ1n) is 7.56. The Morgan fingerprint density at radius 3 is 2.38 bits per heavy atom. The van der Waals surface area contributed by atoms with Crippen molar-refractivity contribution in [3.8, 4) is 0 Å². The smallest absolute Gasteiger partial charge is 0.274 e. The molecule has 0 atom stereocenters. The first kappa shape index (κ1) is 19.0. The van der Waals surface area contributed by atoms with Gasteiger partial charge in [-0.1, -0.05) is 11.6 Å². The molecule has 138 valence electrons. The molecule has 11 heteroatoms. The van der Waals surface area contributed by atoms with E-state index in [0.29, 0.717) is 32.0 Å². The summed E-state index contributed by atoms with van der Waals surface area (Å²) in [5, 5.41) is 2.50. The molecular weight excluding hydrogens is 403 g/mol. The van der Waals surface area contributed by atoms with Crippen molar-refractivity contribution < 1.29 is 17.9 Å². The van der Waals surface area contributed by atoms with Gasteiger partial charge in [0.15, 0.2) is 0 Å². The van der Waals surface area contributed by atoms with Crippen LogP contribution in [0.4, 0.5) is 5.69 Å². The highest BCUT2D eigenvalue weighted by atomic mass is 35.5. The lowest BCUT2D eigenvalue weighted by molar-refractivity contribution is 0.0730. The number of ether oxygens (including phenoxy) is 1. The van der Waals surface area contributed by atoms with Gasteiger partial charge < -0.3 is 10.1 Å². The maximum atomic E-state index is 12.6. The molecule has 0 aliphatic carbocycles. The van der Waals surface area contributed by atoms with E-state index < -0.39 is 15.9 Å². The zero-order chi connectivity index (χ0) is 18.7. The Hall–Kier alpha value is -1.78. The van der Waals surface area contributed by atoms with Crippen molar-refractivity contribution in [3.63, 3.8) is 0 Å².